The van der Waals surface area contributed by atoms with Gasteiger partial charge in [-0.1, -0.05) is 11.8 Å². The molecule has 0 fully saturated rings. The van der Waals surface area contributed by atoms with E-state index in [1.54, 1.807) is 0 Å². The lowest BCUT2D eigenvalue weighted by Gasteiger charge is -2.21. The van der Waals surface area contributed by atoms with E-state index in [0.29, 0.717) is 30.0 Å². The van der Waals surface area contributed by atoms with Gasteiger partial charge in [0.15, 0.2) is 5.12 Å². The van der Waals surface area contributed by atoms with Crippen LogP contribution in [0.4, 0.5) is 17.6 Å². The molecule has 20 heavy (non-hydrogen) atoms. The first kappa shape index (κ1) is 16.9. The first-order valence-electron chi connectivity index (χ1n) is 5.49. The summed E-state index contributed by atoms with van der Waals surface area (Å²) in [6.07, 6.45) is -8.33. The minimum absolute atomic E-state index is 0.287. The van der Waals surface area contributed by atoms with E-state index in [2.05, 4.69) is 0 Å². The maximum atomic E-state index is 13.1. The Kier molecular flexibility index (Phi) is 5.55. The number of hydrogen-bond acceptors (Lipinski definition) is 4. The zero-order valence-corrected chi connectivity index (χ0v) is 11.1. The van der Waals surface area contributed by atoms with Crippen LogP contribution in [0.1, 0.15) is 24.2 Å². The summed E-state index contributed by atoms with van der Waals surface area (Å²) >= 11 is 0.656. The van der Waals surface area contributed by atoms with Gasteiger partial charge in [0.2, 0.25) is 0 Å². The van der Waals surface area contributed by atoms with Crippen molar-refractivity contribution in [2.24, 2.45) is 0 Å². The van der Waals surface area contributed by atoms with Crippen LogP contribution in [0.2, 0.25) is 0 Å². The van der Waals surface area contributed by atoms with Crippen molar-refractivity contribution in [1.82, 2.24) is 0 Å². The highest BCUT2D eigenvalue weighted by Gasteiger charge is 2.36. The summed E-state index contributed by atoms with van der Waals surface area (Å²) in [5, 5.41) is 19.0. The summed E-state index contributed by atoms with van der Waals surface area (Å²) in [5.41, 5.74) is -1.98. The number of rotatable bonds is 4. The second-order valence-corrected chi connectivity index (χ2v) is 5.24. The van der Waals surface area contributed by atoms with Crippen LogP contribution >= 0.6 is 11.8 Å². The maximum Gasteiger partial charge on any atom is 0.416 e. The van der Waals surface area contributed by atoms with E-state index < -0.39 is 35.3 Å². The molecule has 0 aliphatic rings. The number of benzene rings is 1. The maximum absolute atomic E-state index is 13.1. The molecule has 0 bridgehead atoms. The summed E-state index contributed by atoms with van der Waals surface area (Å²) in [5.74, 6) is -1.25. The fourth-order valence-corrected chi connectivity index (χ4v) is 2.13. The molecule has 1 aromatic carbocycles. The minimum atomic E-state index is -4.78. The van der Waals surface area contributed by atoms with Crippen LogP contribution < -0.4 is 0 Å². The van der Waals surface area contributed by atoms with Crippen LogP contribution in [0.15, 0.2) is 18.2 Å². The Bertz CT molecular complexity index is 490. The zero-order chi connectivity index (χ0) is 15.5. The Morgan fingerprint density at radius 3 is 2.45 bits per heavy atom. The number of thioether (sulfide) groups is 1. The molecular weight excluding hydrogens is 300 g/mol. The molecule has 0 radical (unpaired) electrons. The number of carbonyl (C=O) groups excluding carboxylic acids is 1. The second kappa shape index (κ2) is 6.55. The SMILES string of the molecule is CC(=O)SCC(O)C(O)c1cc(F)ccc1C(F)(F)F. The van der Waals surface area contributed by atoms with Crippen molar-refractivity contribution in [2.45, 2.75) is 25.3 Å². The van der Waals surface area contributed by atoms with E-state index in [4.69, 9.17) is 0 Å². The fourth-order valence-electron chi connectivity index (χ4n) is 1.54. The number of hydrogen-bond donors (Lipinski definition) is 2. The summed E-state index contributed by atoms with van der Waals surface area (Å²) in [7, 11) is 0. The van der Waals surface area contributed by atoms with Crippen LogP contribution in [0, 0.1) is 5.82 Å². The van der Waals surface area contributed by atoms with E-state index in [1.807, 2.05) is 0 Å². The summed E-state index contributed by atoms with van der Waals surface area (Å²) in [6.45, 7) is 1.22. The number of aliphatic hydroxyl groups excluding tert-OH is 2. The molecule has 3 nitrogen and oxygen atoms in total. The second-order valence-electron chi connectivity index (χ2n) is 4.04. The van der Waals surface area contributed by atoms with Gasteiger partial charge in [0.1, 0.15) is 11.9 Å². The van der Waals surface area contributed by atoms with Crippen LogP contribution in [0.25, 0.3) is 0 Å². The molecule has 0 amide bonds. The highest BCUT2D eigenvalue weighted by atomic mass is 32.2. The van der Waals surface area contributed by atoms with Crippen molar-refractivity contribution in [2.75, 3.05) is 5.75 Å². The van der Waals surface area contributed by atoms with Gasteiger partial charge in [-0.25, -0.2) is 4.39 Å². The summed E-state index contributed by atoms with van der Waals surface area (Å²) in [4.78, 5) is 10.7. The van der Waals surface area contributed by atoms with E-state index in [1.165, 1.54) is 6.92 Å². The predicted octanol–water partition coefficient (Wildman–Crippen LogP) is 2.52. The van der Waals surface area contributed by atoms with Crippen LogP contribution in [-0.4, -0.2) is 27.2 Å². The van der Waals surface area contributed by atoms with Gasteiger partial charge >= 0.3 is 6.18 Å². The smallest absolute Gasteiger partial charge is 0.389 e. The molecular formula is C12H12F4O3S. The van der Waals surface area contributed by atoms with E-state index in [9.17, 15) is 32.6 Å². The number of aliphatic hydroxyl groups is 2. The molecule has 0 saturated heterocycles. The Balaban J connectivity index is 3.04. The molecule has 1 aromatic rings. The normalized spacial score (nSPS) is 14.9. The summed E-state index contributed by atoms with van der Waals surface area (Å²) < 4.78 is 51.3. The quantitative estimate of drug-likeness (QED) is 0.839. The van der Waals surface area contributed by atoms with Crippen molar-refractivity contribution in [3.8, 4) is 0 Å². The highest BCUT2D eigenvalue weighted by molar-refractivity contribution is 8.13. The Morgan fingerprint density at radius 1 is 1.35 bits per heavy atom. The van der Waals surface area contributed by atoms with Crippen LogP contribution in [-0.2, 0) is 11.0 Å². The molecule has 0 spiro atoms. The van der Waals surface area contributed by atoms with Crippen LogP contribution in [0.3, 0.4) is 0 Å². The lowest BCUT2D eigenvalue weighted by molar-refractivity contribution is -0.139. The van der Waals surface area contributed by atoms with E-state index >= 15 is 0 Å². The zero-order valence-electron chi connectivity index (χ0n) is 10.3. The standard InChI is InChI=1S/C12H12F4O3S/c1-6(17)20-5-10(18)11(19)8-4-7(13)2-3-9(8)12(14,15)16/h2-4,10-11,18-19H,5H2,1H3. The molecule has 8 heteroatoms. The van der Waals surface area contributed by atoms with E-state index in [0.717, 1.165) is 0 Å². The highest BCUT2D eigenvalue weighted by Crippen LogP contribution is 2.36. The average molecular weight is 312 g/mol. The van der Waals surface area contributed by atoms with Gasteiger partial charge in [-0.15, -0.1) is 0 Å². The molecule has 2 N–H and O–H groups in total. The van der Waals surface area contributed by atoms with Gasteiger partial charge in [0.05, 0.1) is 11.7 Å². The largest absolute Gasteiger partial charge is 0.416 e. The number of carbonyl (C=O) groups is 1. The first-order valence-corrected chi connectivity index (χ1v) is 6.47. The van der Waals surface area contributed by atoms with Gasteiger partial charge in [-0.2, -0.15) is 13.2 Å². The molecule has 0 saturated carbocycles. The molecule has 1 rings (SSSR count). The topological polar surface area (TPSA) is 57.5 Å². The van der Waals surface area contributed by atoms with Crippen molar-refractivity contribution in [3.63, 3.8) is 0 Å². The van der Waals surface area contributed by atoms with Crippen molar-refractivity contribution >= 4 is 16.9 Å². The van der Waals surface area contributed by atoms with Crippen molar-refractivity contribution < 1.29 is 32.6 Å². The molecule has 0 heterocycles. The predicted molar refractivity (Wildman–Crippen MR) is 65.5 cm³/mol. The molecule has 0 aliphatic heterocycles. The molecule has 112 valence electrons. The first-order chi connectivity index (χ1) is 9.12. The lowest BCUT2D eigenvalue weighted by atomic mass is 9.98. The molecule has 0 aliphatic carbocycles. The fraction of sp³-hybridized carbons (Fsp3) is 0.417. The molecule has 0 aromatic heterocycles. The van der Waals surface area contributed by atoms with Gasteiger partial charge in [-0.3, -0.25) is 4.79 Å². The third-order valence-electron chi connectivity index (χ3n) is 2.46. The minimum Gasteiger partial charge on any atom is -0.389 e. The Morgan fingerprint density at radius 2 is 1.95 bits per heavy atom. The van der Waals surface area contributed by atoms with Gasteiger partial charge in [0.25, 0.3) is 0 Å². The monoisotopic (exact) mass is 312 g/mol. The third kappa shape index (κ3) is 4.46. The van der Waals surface area contributed by atoms with E-state index in [-0.39, 0.29) is 10.9 Å². The number of halogens is 4. The lowest BCUT2D eigenvalue weighted by Crippen LogP contribution is -2.24. The van der Waals surface area contributed by atoms with Crippen LogP contribution in [0.5, 0.6) is 0 Å². The van der Waals surface area contributed by atoms with Gasteiger partial charge in [0, 0.05) is 12.7 Å². The Hall–Kier alpha value is -1.12. The summed E-state index contributed by atoms with van der Waals surface area (Å²) in [6, 6.07) is 1.64. The van der Waals surface area contributed by atoms with Crippen molar-refractivity contribution in [1.29, 1.82) is 0 Å². The Labute approximate surface area is 116 Å². The molecule has 2 unspecified atom stereocenters. The molecule has 2 atom stereocenters. The van der Waals surface area contributed by atoms with Gasteiger partial charge < -0.3 is 10.2 Å². The number of alkyl halides is 3. The van der Waals surface area contributed by atoms with Gasteiger partial charge in [-0.05, 0) is 23.8 Å². The average Bonchev–Trinajstić information content (AvgIpc) is 2.33. The van der Waals surface area contributed by atoms with Crippen molar-refractivity contribution in [3.05, 3.63) is 35.1 Å². The third-order valence-corrected chi connectivity index (χ3v) is 3.37.